The van der Waals surface area contributed by atoms with Crippen LogP contribution in [-0.2, 0) is 25.7 Å². The second kappa shape index (κ2) is 27.2. The van der Waals surface area contributed by atoms with Gasteiger partial charge < -0.3 is 30.6 Å². The minimum Gasteiger partial charge on any atom is -0.396 e. The maximum Gasteiger partial charge on any atom is 0.0586 e. The topological polar surface area (TPSA) is 121 Å². The second-order valence-corrected chi connectivity index (χ2v) is 13.5. The van der Waals surface area contributed by atoms with Gasteiger partial charge in [-0.2, -0.15) is 0 Å². The molecule has 0 saturated carbocycles. The van der Waals surface area contributed by atoms with Crippen molar-refractivity contribution in [2.75, 3.05) is 39.6 Å². The second-order valence-electron chi connectivity index (χ2n) is 11.7. The van der Waals surface area contributed by atoms with Crippen LogP contribution in [0.3, 0.4) is 0 Å². The lowest BCUT2D eigenvalue weighted by Gasteiger charge is -2.17. The molecule has 6 nitrogen and oxygen atoms in total. The number of aryl methyl sites for hydroxylation is 3. The Hall–Kier alpha value is -0.640. The van der Waals surface area contributed by atoms with E-state index in [9.17, 15) is 0 Å². The molecular formula is C36H56Cl4O6. The van der Waals surface area contributed by atoms with E-state index >= 15 is 0 Å². The zero-order valence-electron chi connectivity index (χ0n) is 27.2. The van der Waals surface area contributed by atoms with Crippen molar-refractivity contribution >= 4 is 46.4 Å². The molecule has 264 valence electrons. The van der Waals surface area contributed by atoms with Crippen LogP contribution >= 0.6 is 46.4 Å². The molecule has 0 bridgehead atoms. The van der Waals surface area contributed by atoms with Crippen LogP contribution in [0.4, 0.5) is 0 Å². The van der Waals surface area contributed by atoms with Gasteiger partial charge in [0.05, 0.1) is 10.8 Å². The summed E-state index contributed by atoms with van der Waals surface area (Å²) in [4.78, 5) is 0. The van der Waals surface area contributed by atoms with E-state index in [4.69, 9.17) is 77.0 Å². The fourth-order valence-corrected chi connectivity index (χ4v) is 6.52. The number of benzene rings is 2. The average molecular weight is 727 g/mol. The number of halogens is 4. The van der Waals surface area contributed by atoms with Crippen molar-refractivity contribution in [3.8, 4) is 0 Å². The summed E-state index contributed by atoms with van der Waals surface area (Å²) < 4.78 is 0. The summed E-state index contributed by atoms with van der Waals surface area (Å²) in [6.45, 7) is 1.04. The van der Waals surface area contributed by atoms with Gasteiger partial charge >= 0.3 is 0 Å². The van der Waals surface area contributed by atoms with E-state index in [1.54, 1.807) is 0 Å². The Kier molecular flexibility index (Phi) is 25.7. The standard InChI is InChI=1S/2C18H28Cl2O3/c19-17-14(7-1-4-10-21)13-15(8-2-5-11-22)18(20)16(17)9-3-6-12-23;19-17(6-3-9-22)15-11-14(5-1-2-8-21)12-16(13-15)18(20)7-4-10-23/h13,21-23H,1-12H2;11-13,17-18,21-23H,1-10H2. The third kappa shape index (κ3) is 17.1. The lowest BCUT2D eigenvalue weighted by Crippen LogP contribution is -2.01. The third-order valence-electron chi connectivity index (χ3n) is 7.85. The number of rotatable bonds is 24. The van der Waals surface area contributed by atoms with Gasteiger partial charge in [0, 0.05) is 49.7 Å². The van der Waals surface area contributed by atoms with Gasteiger partial charge in [0.1, 0.15) is 0 Å². The molecular weight excluding hydrogens is 670 g/mol. The molecule has 46 heavy (non-hydrogen) atoms. The van der Waals surface area contributed by atoms with Gasteiger partial charge in [-0.3, -0.25) is 0 Å². The molecule has 0 aliphatic rings. The Morgan fingerprint density at radius 3 is 1.20 bits per heavy atom. The Bertz CT molecular complexity index is 1000. The molecule has 0 aliphatic heterocycles. The normalized spacial score (nSPS) is 12.6. The average Bonchev–Trinajstić information content (AvgIpc) is 3.06. The van der Waals surface area contributed by atoms with Crippen LogP contribution in [0.25, 0.3) is 0 Å². The highest BCUT2D eigenvalue weighted by atomic mass is 35.5. The molecule has 2 atom stereocenters. The van der Waals surface area contributed by atoms with Crippen molar-refractivity contribution in [2.24, 2.45) is 0 Å². The van der Waals surface area contributed by atoms with Crippen molar-refractivity contribution in [2.45, 2.75) is 113 Å². The minimum atomic E-state index is -0.139. The Labute approximate surface area is 296 Å². The summed E-state index contributed by atoms with van der Waals surface area (Å²) in [5, 5.41) is 54.9. The first kappa shape index (κ1) is 43.4. The minimum absolute atomic E-state index is 0.139. The number of aliphatic hydroxyl groups excluding tert-OH is 6. The lowest BCUT2D eigenvalue weighted by molar-refractivity contribution is 0.283. The van der Waals surface area contributed by atoms with Crippen LogP contribution < -0.4 is 0 Å². The largest absolute Gasteiger partial charge is 0.396 e. The molecule has 0 heterocycles. The van der Waals surface area contributed by atoms with E-state index in [2.05, 4.69) is 18.2 Å². The quantitative estimate of drug-likeness (QED) is 0.0481. The first-order valence-corrected chi connectivity index (χ1v) is 18.5. The highest BCUT2D eigenvalue weighted by Gasteiger charge is 2.16. The number of hydrogen-bond donors (Lipinski definition) is 6. The Balaban J connectivity index is 0.000000460. The van der Waals surface area contributed by atoms with Gasteiger partial charge in [-0.25, -0.2) is 0 Å². The fraction of sp³-hybridized carbons (Fsp3) is 0.667. The van der Waals surface area contributed by atoms with Crippen LogP contribution in [0.2, 0.25) is 10.0 Å². The first-order chi connectivity index (χ1) is 22.3. The number of aliphatic hydroxyl groups is 6. The van der Waals surface area contributed by atoms with Gasteiger partial charge in [-0.1, -0.05) is 47.5 Å². The van der Waals surface area contributed by atoms with Gasteiger partial charge in [-0.15, -0.1) is 23.2 Å². The van der Waals surface area contributed by atoms with Crippen LogP contribution in [0.15, 0.2) is 24.3 Å². The Morgan fingerprint density at radius 2 is 0.804 bits per heavy atom. The summed E-state index contributed by atoms with van der Waals surface area (Å²) >= 11 is 26.0. The number of hydrogen-bond acceptors (Lipinski definition) is 6. The molecule has 0 radical (unpaired) electrons. The van der Waals surface area contributed by atoms with E-state index in [0.717, 1.165) is 128 Å². The highest BCUT2D eigenvalue weighted by Crippen LogP contribution is 2.35. The van der Waals surface area contributed by atoms with Crippen molar-refractivity contribution in [1.29, 1.82) is 0 Å². The monoisotopic (exact) mass is 724 g/mol. The SMILES string of the molecule is OCCCCc1cc(C(Cl)CCCO)cc(C(Cl)CCCO)c1.OCCCCc1cc(CCCCO)c(Cl)c(CCCCO)c1Cl. The van der Waals surface area contributed by atoms with Crippen molar-refractivity contribution < 1.29 is 30.6 Å². The zero-order chi connectivity index (χ0) is 34.2. The van der Waals surface area contributed by atoms with Crippen LogP contribution in [-0.4, -0.2) is 70.3 Å². The molecule has 2 unspecified atom stereocenters. The smallest absolute Gasteiger partial charge is 0.0586 e. The summed E-state index contributed by atoms with van der Waals surface area (Å²) in [5.41, 5.74) is 6.39. The molecule has 0 saturated heterocycles. The van der Waals surface area contributed by atoms with E-state index in [0.29, 0.717) is 12.8 Å². The maximum absolute atomic E-state index is 8.97. The molecule has 0 aromatic heterocycles. The predicted molar refractivity (Wildman–Crippen MR) is 193 cm³/mol. The fourth-order valence-electron chi connectivity index (χ4n) is 5.24. The predicted octanol–water partition coefficient (Wildman–Crippen LogP) is 8.04. The van der Waals surface area contributed by atoms with Crippen molar-refractivity contribution in [3.63, 3.8) is 0 Å². The van der Waals surface area contributed by atoms with Crippen LogP contribution in [0, 0.1) is 0 Å². The summed E-state index contributed by atoms with van der Waals surface area (Å²) in [6, 6.07) is 8.33. The third-order valence-corrected chi connectivity index (χ3v) is 9.73. The molecule has 0 amide bonds. The molecule has 6 N–H and O–H groups in total. The van der Waals surface area contributed by atoms with Gasteiger partial charge in [0.2, 0.25) is 0 Å². The highest BCUT2D eigenvalue weighted by molar-refractivity contribution is 6.37. The molecule has 2 aromatic rings. The van der Waals surface area contributed by atoms with E-state index in [1.807, 2.05) is 6.07 Å². The van der Waals surface area contributed by atoms with Crippen molar-refractivity contribution in [3.05, 3.63) is 67.7 Å². The van der Waals surface area contributed by atoms with Gasteiger partial charge in [0.15, 0.2) is 0 Å². The zero-order valence-corrected chi connectivity index (χ0v) is 30.2. The first-order valence-electron chi connectivity index (χ1n) is 16.8. The molecule has 10 heteroatoms. The lowest BCUT2D eigenvalue weighted by atomic mass is 9.96. The molecule has 0 fully saturated rings. The van der Waals surface area contributed by atoms with E-state index in [-0.39, 0.29) is 50.4 Å². The van der Waals surface area contributed by atoms with E-state index < -0.39 is 0 Å². The maximum atomic E-state index is 8.97. The number of alkyl halides is 2. The summed E-state index contributed by atoms with van der Waals surface area (Å²) in [7, 11) is 0. The molecule has 0 aliphatic carbocycles. The van der Waals surface area contributed by atoms with Crippen LogP contribution in [0.5, 0.6) is 0 Å². The molecule has 0 spiro atoms. The summed E-state index contributed by atoms with van der Waals surface area (Å²) in [6.07, 6.45) is 12.7. The van der Waals surface area contributed by atoms with Crippen LogP contribution in [0.1, 0.15) is 121 Å². The summed E-state index contributed by atoms with van der Waals surface area (Å²) in [5.74, 6) is 0. The van der Waals surface area contributed by atoms with Crippen molar-refractivity contribution in [1.82, 2.24) is 0 Å². The van der Waals surface area contributed by atoms with Gasteiger partial charge in [0.25, 0.3) is 0 Å². The Morgan fingerprint density at radius 1 is 0.435 bits per heavy atom. The molecule has 2 rings (SSSR count). The molecule has 2 aromatic carbocycles. The van der Waals surface area contributed by atoms with E-state index in [1.165, 1.54) is 5.56 Å². The number of unbranched alkanes of at least 4 members (excludes halogenated alkanes) is 4. The van der Waals surface area contributed by atoms with Gasteiger partial charge in [-0.05, 0) is 136 Å².